The number of hydrogen-bond acceptors (Lipinski definition) is 6. The summed E-state index contributed by atoms with van der Waals surface area (Å²) in [4.78, 5) is 63.4. The highest BCUT2D eigenvalue weighted by Gasteiger charge is 2.58. The molecule has 1 aliphatic carbocycles. The fourth-order valence-electron chi connectivity index (χ4n) is 4.77. The molecule has 2 atom stereocenters. The molecule has 10 nitrogen and oxygen atoms in total. The summed E-state index contributed by atoms with van der Waals surface area (Å²) >= 11 is 0. The molecule has 2 N–H and O–H groups in total. The Bertz CT molecular complexity index is 1400. The first-order valence-electron chi connectivity index (χ1n) is 12.5. The number of alkyl halides is 3. The third kappa shape index (κ3) is 6.15. The summed E-state index contributed by atoms with van der Waals surface area (Å²) in [7, 11) is 0. The molecule has 0 radical (unpaired) electrons. The molecule has 1 fully saturated rings. The summed E-state index contributed by atoms with van der Waals surface area (Å²) < 4.78 is 59.6. The number of benzene rings is 2. The Kier molecular flexibility index (Phi) is 8.04. The number of fused-ring (bicyclic) bond motifs is 2. The molecule has 0 unspecified atom stereocenters. The van der Waals surface area contributed by atoms with Gasteiger partial charge in [-0.25, -0.2) is 14.1 Å². The Morgan fingerprint density at radius 3 is 2.44 bits per heavy atom. The number of amides is 5. The number of anilines is 1. The van der Waals surface area contributed by atoms with Crippen LogP contribution in [0.5, 0.6) is 0 Å². The lowest BCUT2D eigenvalue weighted by Crippen LogP contribution is -2.51. The van der Waals surface area contributed by atoms with E-state index >= 15 is 0 Å². The first-order valence-corrected chi connectivity index (χ1v) is 12.5. The average molecular weight is 579 g/mol. The van der Waals surface area contributed by atoms with Gasteiger partial charge < -0.3 is 20.3 Å². The van der Waals surface area contributed by atoms with E-state index in [-0.39, 0.29) is 30.9 Å². The summed E-state index contributed by atoms with van der Waals surface area (Å²) in [6, 6.07) is 6.82. The van der Waals surface area contributed by atoms with E-state index in [1.807, 2.05) is 0 Å². The van der Waals surface area contributed by atoms with Crippen molar-refractivity contribution in [3.05, 3.63) is 65.0 Å². The molecular formula is C27H26F4N4O6. The van der Waals surface area contributed by atoms with Gasteiger partial charge in [-0.05, 0) is 48.7 Å². The number of aryl methyl sites for hydroxylation is 1. The SMILES string of the molecule is CC(=O)NCC(=O)Nc1ccc2c(c1)CC[C@@]21OC(=O)N(CC(=O)N(Cc2ccc(F)cc2)[C@@H](C)C(F)(F)F)C1=O. The van der Waals surface area contributed by atoms with Gasteiger partial charge in [0.1, 0.15) is 18.4 Å². The highest BCUT2D eigenvalue weighted by molar-refractivity contribution is 6.06. The van der Waals surface area contributed by atoms with Gasteiger partial charge in [0.2, 0.25) is 23.3 Å². The van der Waals surface area contributed by atoms with E-state index in [1.165, 1.54) is 31.2 Å². The lowest BCUT2D eigenvalue weighted by atomic mass is 9.94. The summed E-state index contributed by atoms with van der Waals surface area (Å²) in [5, 5.41) is 4.96. The Morgan fingerprint density at radius 2 is 1.80 bits per heavy atom. The van der Waals surface area contributed by atoms with Crippen LogP contribution in [0.1, 0.15) is 37.0 Å². The molecule has 0 saturated carbocycles. The van der Waals surface area contributed by atoms with Gasteiger partial charge in [0, 0.05) is 31.1 Å². The predicted molar refractivity (Wildman–Crippen MR) is 134 cm³/mol. The predicted octanol–water partition coefficient (Wildman–Crippen LogP) is 3.00. The molecule has 1 spiro atoms. The van der Waals surface area contributed by atoms with E-state index in [4.69, 9.17) is 4.74 Å². The topological polar surface area (TPSA) is 125 Å². The van der Waals surface area contributed by atoms with Crippen molar-refractivity contribution in [2.45, 2.75) is 51.1 Å². The van der Waals surface area contributed by atoms with E-state index in [9.17, 15) is 41.5 Å². The van der Waals surface area contributed by atoms with Gasteiger partial charge in [-0.1, -0.05) is 18.2 Å². The molecule has 218 valence electrons. The summed E-state index contributed by atoms with van der Waals surface area (Å²) in [5.41, 5.74) is -0.259. The molecule has 1 saturated heterocycles. The minimum absolute atomic E-state index is 0.0269. The lowest BCUT2D eigenvalue weighted by Gasteiger charge is -2.31. The van der Waals surface area contributed by atoms with E-state index in [1.54, 1.807) is 6.07 Å². The molecule has 1 aliphatic heterocycles. The standard InChI is InChI=1S/C27H26F4N4O6/c1-15(27(29,30)31)34(13-17-3-5-19(28)6-4-17)23(38)14-35-24(39)26(41-25(35)40)10-9-18-11-20(7-8-21(18)26)33-22(37)12-32-16(2)36/h3-8,11,15H,9-10,12-14H2,1-2H3,(H,32,36)(H,33,37)/t15-,26+/m0/s1. The minimum Gasteiger partial charge on any atom is -0.427 e. The van der Waals surface area contributed by atoms with Gasteiger partial charge in [-0.3, -0.25) is 19.2 Å². The van der Waals surface area contributed by atoms with Crippen LogP contribution in [-0.4, -0.2) is 64.8 Å². The van der Waals surface area contributed by atoms with Crippen LogP contribution >= 0.6 is 0 Å². The normalized spacial score (nSPS) is 18.6. The van der Waals surface area contributed by atoms with E-state index in [0.29, 0.717) is 26.6 Å². The van der Waals surface area contributed by atoms with Crippen LogP contribution in [0.3, 0.4) is 0 Å². The van der Waals surface area contributed by atoms with Crippen LogP contribution in [0, 0.1) is 5.82 Å². The van der Waals surface area contributed by atoms with Crippen molar-refractivity contribution in [1.29, 1.82) is 0 Å². The summed E-state index contributed by atoms with van der Waals surface area (Å²) in [5.74, 6) is -3.52. The zero-order valence-electron chi connectivity index (χ0n) is 22.0. The summed E-state index contributed by atoms with van der Waals surface area (Å²) in [6.45, 7) is 0.251. The minimum atomic E-state index is -4.81. The Hall–Kier alpha value is -4.49. The maximum atomic E-state index is 13.6. The molecule has 4 rings (SSSR count). The van der Waals surface area contributed by atoms with Gasteiger partial charge in [0.15, 0.2) is 0 Å². The van der Waals surface area contributed by atoms with Gasteiger partial charge >= 0.3 is 12.3 Å². The van der Waals surface area contributed by atoms with E-state index in [2.05, 4.69) is 10.6 Å². The van der Waals surface area contributed by atoms with Crippen LogP contribution in [-0.2, 0) is 42.5 Å². The Labute approximate surface area is 231 Å². The number of ether oxygens (including phenoxy) is 1. The van der Waals surface area contributed by atoms with Crippen LogP contribution in [0.4, 0.5) is 28.0 Å². The molecule has 41 heavy (non-hydrogen) atoms. The van der Waals surface area contributed by atoms with Crippen molar-refractivity contribution in [1.82, 2.24) is 15.1 Å². The fraction of sp³-hybridized carbons (Fsp3) is 0.370. The second-order valence-electron chi connectivity index (χ2n) is 9.78. The van der Waals surface area contributed by atoms with Crippen molar-refractivity contribution < 1.29 is 46.3 Å². The number of imide groups is 1. The quantitative estimate of drug-likeness (QED) is 0.464. The second kappa shape index (κ2) is 11.2. The monoisotopic (exact) mass is 578 g/mol. The molecule has 0 aromatic heterocycles. The molecule has 2 aliphatic rings. The maximum absolute atomic E-state index is 13.6. The molecule has 1 heterocycles. The number of carbonyl (C=O) groups is 5. The first-order chi connectivity index (χ1) is 19.2. The van der Waals surface area contributed by atoms with E-state index in [0.717, 1.165) is 19.1 Å². The third-order valence-electron chi connectivity index (χ3n) is 6.96. The largest absolute Gasteiger partial charge is 0.427 e. The van der Waals surface area contributed by atoms with E-state index < -0.39 is 60.5 Å². The van der Waals surface area contributed by atoms with Crippen LogP contribution in [0.15, 0.2) is 42.5 Å². The van der Waals surface area contributed by atoms with Crippen molar-refractivity contribution >= 4 is 35.4 Å². The molecule has 0 bridgehead atoms. The lowest BCUT2D eigenvalue weighted by molar-refractivity contribution is -0.187. The van der Waals surface area contributed by atoms with Crippen molar-refractivity contribution in [3.8, 4) is 0 Å². The molecule has 2 aromatic rings. The first kappa shape index (κ1) is 29.5. The zero-order chi connectivity index (χ0) is 30.1. The molecule has 14 heteroatoms. The van der Waals surface area contributed by atoms with Crippen LogP contribution in [0.2, 0.25) is 0 Å². The fourth-order valence-corrected chi connectivity index (χ4v) is 4.77. The Morgan fingerprint density at radius 1 is 1.12 bits per heavy atom. The van der Waals surface area contributed by atoms with Gasteiger partial charge in [-0.15, -0.1) is 0 Å². The maximum Gasteiger partial charge on any atom is 0.418 e. The van der Waals surface area contributed by atoms with Crippen LogP contribution in [0.25, 0.3) is 0 Å². The molecular weight excluding hydrogens is 552 g/mol. The van der Waals surface area contributed by atoms with Crippen LogP contribution < -0.4 is 10.6 Å². The highest BCUT2D eigenvalue weighted by Crippen LogP contribution is 2.46. The zero-order valence-corrected chi connectivity index (χ0v) is 22.0. The smallest absolute Gasteiger partial charge is 0.418 e. The number of rotatable bonds is 8. The van der Waals surface area contributed by atoms with Gasteiger partial charge in [0.05, 0.1) is 6.54 Å². The number of carbonyl (C=O) groups excluding carboxylic acids is 5. The number of hydrogen-bond donors (Lipinski definition) is 2. The van der Waals surface area contributed by atoms with Crippen molar-refractivity contribution in [2.75, 3.05) is 18.4 Å². The third-order valence-corrected chi connectivity index (χ3v) is 6.96. The summed E-state index contributed by atoms with van der Waals surface area (Å²) in [6.07, 6.45) is -5.69. The van der Waals surface area contributed by atoms with Crippen molar-refractivity contribution in [3.63, 3.8) is 0 Å². The molecule has 2 aromatic carbocycles. The molecule has 5 amide bonds. The highest BCUT2D eigenvalue weighted by atomic mass is 19.4. The average Bonchev–Trinajstić information content (AvgIpc) is 3.38. The van der Waals surface area contributed by atoms with Crippen molar-refractivity contribution in [2.24, 2.45) is 0 Å². The Balaban J connectivity index is 1.52. The van der Waals surface area contributed by atoms with Gasteiger partial charge in [-0.2, -0.15) is 13.2 Å². The second-order valence-corrected chi connectivity index (χ2v) is 9.78. The number of nitrogens with one attached hydrogen (secondary N) is 2. The number of halogens is 4. The number of nitrogens with zero attached hydrogens (tertiary/aromatic N) is 2. The van der Waals surface area contributed by atoms with Gasteiger partial charge in [0.25, 0.3) is 5.91 Å².